The predicted octanol–water partition coefficient (Wildman–Crippen LogP) is 4.64. The number of fused-ring (bicyclic) bond motifs is 1. The first-order chi connectivity index (χ1) is 10.1. The Labute approximate surface area is 129 Å². The average Bonchev–Trinajstić information content (AvgIpc) is 2.49. The van der Waals surface area contributed by atoms with Crippen LogP contribution in [0.3, 0.4) is 0 Å². The van der Waals surface area contributed by atoms with Gasteiger partial charge in [0.15, 0.2) is 0 Å². The van der Waals surface area contributed by atoms with Gasteiger partial charge in [-0.15, -0.1) is 0 Å². The molecule has 1 aliphatic heterocycles. The van der Waals surface area contributed by atoms with Crippen molar-refractivity contribution in [3.63, 3.8) is 0 Å². The molecular weight excluding hydrogens is 286 g/mol. The third-order valence-electron chi connectivity index (χ3n) is 3.79. The molecule has 1 aliphatic rings. The monoisotopic (exact) mass is 303 g/mol. The molecule has 0 spiro atoms. The van der Waals surface area contributed by atoms with Crippen LogP contribution in [0.2, 0.25) is 5.02 Å². The number of nitrogens with one attached hydrogen (secondary N) is 1. The molecule has 2 aromatic carbocycles. The molecule has 0 aliphatic carbocycles. The van der Waals surface area contributed by atoms with E-state index in [0.717, 1.165) is 17.0 Å². The Bertz CT molecular complexity index is 632. The Morgan fingerprint density at radius 1 is 1.24 bits per heavy atom. The second-order valence-electron chi connectivity index (χ2n) is 5.39. The van der Waals surface area contributed by atoms with Gasteiger partial charge < -0.3 is 14.8 Å². The van der Waals surface area contributed by atoms with E-state index in [-0.39, 0.29) is 6.04 Å². The zero-order chi connectivity index (χ0) is 14.9. The van der Waals surface area contributed by atoms with E-state index in [2.05, 4.69) is 5.32 Å². The van der Waals surface area contributed by atoms with Gasteiger partial charge in [0.05, 0.1) is 6.04 Å². The van der Waals surface area contributed by atoms with Crippen molar-refractivity contribution in [3.05, 3.63) is 59.1 Å². The van der Waals surface area contributed by atoms with Gasteiger partial charge in [0.25, 0.3) is 0 Å². The first-order valence-electron chi connectivity index (χ1n) is 6.95. The molecule has 2 atom stereocenters. The lowest BCUT2D eigenvalue weighted by Gasteiger charge is -2.39. The van der Waals surface area contributed by atoms with Crippen LogP contribution in [0.1, 0.15) is 24.9 Å². The molecule has 21 heavy (non-hydrogen) atoms. The lowest BCUT2D eigenvalue weighted by Crippen LogP contribution is -2.41. The topological polar surface area (TPSA) is 30.5 Å². The van der Waals surface area contributed by atoms with E-state index >= 15 is 0 Å². The molecule has 3 nitrogen and oxygen atoms in total. The Morgan fingerprint density at radius 2 is 2.00 bits per heavy atom. The number of hydrogen-bond acceptors (Lipinski definition) is 3. The SMILES string of the molecule is CO[C@@]1(C)C[C@@H](Nc2ccccc2)c2cc(Cl)ccc2O1. The highest BCUT2D eigenvalue weighted by molar-refractivity contribution is 6.30. The van der Waals surface area contributed by atoms with Gasteiger partial charge in [-0.3, -0.25) is 0 Å². The van der Waals surface area contributed by atoms with Crippen LogP contribution in [0.5, 0.6) is 5.75 Å². The van der Waals surface area contributed by atoms with Gasteiger partial charge >= 0.3 is 0 Å². The van der Waals surface area contributed by atoms with Crippen molar-refractivity contribution in [3.8, 4) is 5.75 Å². The highest BCUT2D eigenvalue weighted by Gasteiger charge is 2.37. The molecule has 0 saturated carbocycles. The van der Waals surface area contributed by atoms with E-state index in [4.69, 9.17) is 21.1 Å². The fourth-order valence-electron chi connectivity index (χ4n) is 2.63. The second kappa shape index (κ2) is 5.58. The van der Waals surface area contributed by atoms with Crippen molar-refractivity contribution in [2.24, 2.45) is 0 Å². The summed E-state index contributed by atoms with van der Waals surface area (Å²) in [5, 5.41) is 4.24. The van der Waals surface area contributed by atoms with Crippen LogP contribution in [0.15, 0.2) is 48.5 Å². The van der Waals surface area contributed by atoms with E-state index in [1.54, 1.807) is 7.11 Å². The van der Waals surface area contributed by atoms with Crippen LogP contribution < -0.4 is 10.1 Å². The first-order valence-corrected chi connectivity index (χ1v) is 7.33. The largest absolute Gasteiger partial charge is 0.462 e. The van der Waals surface area contributed by atoms with Crippen LogP contribution in [-0.2, 0) is 4.74 Å². The molecule has 0 amide bonds. The van der Waals surface area contributed by atoms with Gasteiger partial charge in [-0.1, -0.05) is 29.8 Å². The zero-order valence-electron chi connectivity index (χ0n) is 12.1. The molecule has 110 valence electrons. The summed E-state index contributed by atoms with van der Waals surface area (Å²) in [6.45, 7) is 1.95. The summed E-state index contributed by atoms with van der Waals surface area (Å²) < 4.78 is 11.5. The van der Waals surface area contributed by atoms with Crippen LogP contribution in [0.25, 0.3) is 0 Å². The zero-order valence-corrected chi connectivity index (χ0v) is 12.9. The molecule has 0 radical (unpaired) electrons. The van der Waals surface area contributed by atoms with E-state index in [9.17, 15) is 0 Å². The van der Waals surface area contributed by atoms with Crippen LogP contribution in [0.4, 0.5) is 5.69 Å². The van der Waals surface area contributed by atoms with E-state index < -0.39 is 5.79 Å². The second-order valence-corrected chi connectivity index (χ2v) is 5.83. The molecule has 0 saturated heterocycles. The minimum Gasteiger partial charge on any atom is -0.462 e. The Morgan fingerprint density at radius 3 is 2.71 bits per heavy atom. The van der Waals surface area contributed by atoms with Gasteiger partial charge in [-0.25, -0.2) is 0 Å². The fraction of sp³-hybridized carbons (Fsp3) is 0.294. The predicted molar refractivity (Wildman–Crippen MR) is 84.9 cm³/mol. The van der Waals surface area contributed by atoms with Crippen molar-refractivity contribution >= 4 is 17.3 Å². The standard InChI is InChI=1S/C17H18ClNO2/c1-17(20-2)11-15(19-13-6-4-3-5-7-13)14-10-12(18)8-9-16(14)21-17/h3-10,15,19H,11H2,1-2H3/t15-,17-/m1/s1. The average molecular weight is 304 g/mol. The molecule has 2 aromatic rings. The number of anilines is 1. The number of halogens is 1. The maximum Gasteiger partial charge on any atom is 0.209 e. The van der Waals surface area contributed by atoms with Crippen molar-refractivity contribution in [1.82, 2.24) is 0 Å². The van der Waals surface area contributed by atoms with Gasteiger partial charge in [0.1, 0.15) is 5.75 Å². The summed E-state index contributed by atoms with van der Waals surface area (Å²) >= 11 is 6.14. The van der Waals surface area contributed by atoms with Gasteiger partial charge in [0, 0.05) is 36.7 Å². The van der Waals surface area contributed by atoms with Crippen molar-refractivity contribution in [1.29, 1.82) is 0 Å². The number of hydrogen-bond donors (Lipinski definition) is 1. The number of rotatable bonds is 3. The molecule has 1 heterocycles. The van der Waals surface area contributed by atoms with Crippen LogP contribution in [0, 0.1) is 0 Å². The van der Waals surface area contributed by atoms with Gasteiger partial charge in [0.2, 0.25) is 5.79 Å². The smallest absolute Gasteiger partial charge is 0.209 e. The quantitative estimate of drug-likeness (QED) is 0.896. The third-order valence-corrected chi connectivity index (χ3v) is 4.03. The number of ether oxygens (including phenoxy) is 2. The van der Waals surface area contributed by atoms with E-state index in [1.165, 1.54) is 0 Å². The molecule has 0 aromatic heterocycles. The first kappa shape index (κ1) is 14.2. The van der Waals surface area contributed by atoms with E-state index in [0.29, 0.717) is 11.4 Å². The lowest BCUT2D eigenvalue weighted by molar-refractivity contribution is -0.164. The summed E-state index contributed by atoms with van der Waals surface area (Å²) in [7, 11) is 1.67. The Hall–Kier alpha value is -1.71. The van der Waals surface area contributed by atoms with Crippen LogP contribution in [-0.4, -0.2) is 12.9 Å². The number of benzene rings is 2. The maximum absolute atomic E-state index is 6.14. The van der Waals surface area contributed by atoms with Crippen molar-refractivity contribution in [2.75, 3.05) is 12.4 Å². The minimum absolute atomic E-state index is 0.0831. The lowest BCUT2D eigenvalue weighted by atomic mass is 9.94. The Balaban J connectivity index is 1.96. The summed E-state index contributed by atoms with van der Waals surface area (Å²) in [6.07, 6.45) is 0.700. The molecular formula is C17H18ClNO2. The van der Waals surface area contributed by atoms with Crippen molar-refractivity contribution < 1.29 is 9.47 Å². The minimum atomic E-state index is -0.646. The summed E-state index contributed by atoms with van der Waals surface area (Å²) in [6, 6.07) is 15.9. The van der Waals surface area contributed by atoms with E-state index in [1.807, 2.05) is 55.5 Å². The summed E-state index contributed by atoms with van der Waals surface area (Å²) in [5.41, 5.74) is 2.12. The molecule has 0 bridgehead atoms. The highest BCUT2D eigenvalue weighted by atomic mass is 35.5. The third kappa shape index (κ3) is 2.99. The molecule has 4 heteroatoms. The summed E-state index contributed by atoms with van der Waals surface area (Å²) in [4.78, 5) is 0. The number of para-hydroxylation sites is 1. The van der Waals surface area contributed by atoms with Gasteiger partial charge in [-0.2, -0.15) is 0 Å². The normalized spacial score (nSPS) is 24.0. The Kier molecular flexibility index (Phi) is 3.79. The fourth-order valence-corrected chi connectivity index (χ4v) is 2.81. The maximum atomic E-state index is 6.14. The summed E-state index contributed by atoms with van der Waals surface area (Å²) in [5.74, 6) is 0.163. The highest BCUT2D eigenvalue weighted by Crippen LogP contribution is 2.42. The molecule has 0 fully saturated rings. The molecule has 0 unspecified atom stereocenters. The van der Waals surface area contributed by atoms with Crippen molar-refractivity contribution in [2.45, 2.75) is 25.2 Å². The van der Waals surface area contributed by atoms with Gasteiger partial charge in [-0.05, 0) is 30.3 Å². The van der Waals surface area contributed by atoms with Crippen LogP contribution >= 0.6 is 11.6 Å². The number of methoxy groups -OCH3 is 1. The molecule has 1 N–H and O–H groups in total. The molecule has 3 rings (SSSR count).